The lowest BCUT2D eigenvalue weighted by Crippen LogP contribution is -2.27. The summed E-state index contributed by atoms with van der Waals surface area (Å²) >= 11 is 0. The van der Waals surface area contributed by atoms with E-state index in [1.54, 1.807) is 25.7 Å². The zero-order valence-corrected chi connectivity index (χ0v) is 9.15. The molecule has 2 rings (SSSR count). The van der Waals surface area contributed by atoms with Crippen molar-refractivity contribution in [1.82, 2.24) is 0 Å². The van der Waals surface area contributed by atoms with E-state index in [1.807, 2.05) is 0 Å². The van der Waals surface area contributed by atoms with E-state index in [2.05, 4.69) is 6.92 Å². The van der Waals surface area contributed by atoms with Crippen molar-refractivity contribution in [2.45, 2.75) is 71.1 Å². The van der Waals surface area contributed by atoms with Crippen LogP contribution in [0.25, 0.3) is 0 Å². The Morgan fingerprint density at radius 2 is 1.46 bits per heavy atom. The number of rotatable bonds is 0. The molecule has 0 aromatic carbocycles. The fourth-order valence-electron chi connectivity index (χ4n) is 3.70. The molecule has 0 heterocycles. The third kappa shape index (κ3) is 2.27. The van der Waals surface area contributed by atoms with E-state index < -0.39 is 0 Å². The highest BCUT2D eigenvalue weighted by atomic mass is 14.4. The molecule has 2 saturated carbocycles. The predicted octanol–water partition coefficient (Wildman–Crippen LogP) is 4.54. The summed E-state index contributed by atoms with van der Waals surface area (Å²) in [6, 6.07) is 0. The Labute approximate surface area is 83.1 Å². The molecular formula is C13H24. The molecule has 0 aromatic heterocycles. The minimum absolute atomic E-state index is 0.814. The highest BCUT2D eigenvalue weighted by Crippen LogP contribution is 2.48. The SMILES string of the molecule is CC1CCCC2(CCCCCC2)C1. The van der Waals surface area contributed by atoms with Crippen LogP contribution in [0, 0.1) is 11.3 Å². The Balaban J connectivity index is 1.99. The Kier molecular flexibility index (Phi) is 2.96. The average Bonchev–Trinajstić information content (AvgIpc) is 2.31. The maximum atomic E-state index is 2.46. The Morgan fingerprint density at radius 3 is 2.08 bits per heavy atom. The summed E-state index contributed by atoms with van der Waals surface area (Å²) in [5.74, 6) is 1.02. The Morgan fingerprint density at radius 1 is 0.846 bits per heavy atom. The smallest absolute Gasteiger partial charge is 0.0295 e. The summed E-state index contributed by atoms with van der Waals surface area (Å²) in [6.07, 6.45) is 15.3. The maximum absolute atomic E-state index is 2.46. The van der Waals surface area contributed by atoms with Gasteiger partial charge in [-0.3, -0.25) is 0 Å². The highest BCUT2D eigenvalue weighted by molar-refractivity contribution is 4.86. The van der Waals surface area contributed by atoms with Gasteiger partial charge in [-0.25, -0.2) is 0 Å². The molecule has 0 radical (unpaired) electrons. The van der Waals surface area contributed by atoms with Gasteiger partial charge < -0.3 is 0 Å². The number of hydrogen-bond acceptors (Lipinski definition) is 0. The van der Waals surface area contributed by atoms with Crippen LogP contribution < -0.4 is 0 Å². The van der Waals surface area contributed by atoms with Gasteiger partial charge in [-0.15, -0.1) is 0 Å². The molecule has 1 spiro atoms. The van der Waals surface area contributed by atoms with Gasteiger partial charge in [0.15, 0.2) is 0 Å². The van der Waals surface area contributed by atoms with Crippen LogP contribution in [0.1, 0.15) is 71.1 Å². The normalized spacial score (nSPS) is 34.4. The van der Waals surface area contributed by atoms with Crippen LogP contribution >= 0.6 is 0 Å². The fraction of sp³-hybridized carbons (Fsp3) is 1.00. The van der Waals surface area contributed by atoms with Crippen LogP contribution in [-0.2, 0) is 0 Å². The molecule has 0 nitrogen and oxygen atoms in total. The molecule has 2 aliphatic rings. The first-order chi connectivity index (χ1) is 6.31. The average molecular weight is 180 g/mol. The molecule has 0 N–H and O–H groups in total. The van der Waals surface area contributed by atoms with Crippen LogP contribution in [0.15, 0.2) is 0 Å². The number of hydrogen-bond donors (Lipinski definition) is 0. The summed E-state index contributed by atoms with van der Waals surface area (Å²) in [5, 5.41) is 0. The summed E-state index contributed by atoms with van der Waals surface area (Å²) in [7, 11) is 0. The highest BCUT2D eigenvalue weighted by Gasteiger charge is 2.34. The monoisotopic (exact) mass is 180 g/mol. The molecule has 1 atom stereocenters. The fourth-order valence-corrected chi connectivity index (χ4v) is 3.70. The van der Waals surface area contributed by atoms with Crippen molar-refractivity contribution in [2.24, 2.45) is 11.3 Å². The first-order valence-corrected chi connectivity index (χ1v) is 6.31. The topological polar surface area (TPSA) is 0 Å². The second-order valence-corrected chi connectivity index (χ2v) is 5.62. The molecule has 13 heavy (non-hydrogen) atoms. The van der Waals surface area contributed by atoms with E-state index >= 15 is 0 Å². The standard InChI is InChI=1S/C13H24/c1-12-7-6-10-13(11-12)8-4-2-3-5-9-13/h12H,2-11H2,1H3. The third-order valence-corrected chi connectivity index (χ3v) is 4.35. The second kappa shape index (κ2) is 4.02. The van der Waals surface area contributed by atoms with Crippen molar-refractivity contribution in [3.63, 3.8) is 0 Å². The van der Waals surface area contributed by atoms with Gasteiger partial charge in [0.1, 0.15) is 0 Å². The van der Waals surface area contributed by atoms with Gasteiger partial charge in [-0.1, -0.05) is 45.4 Å². The summed E-state index contributed by atoms with van der Waals surface area (Å²) in [6.45, 7) is 2.46. The van der Waals surface area contributed by atoms with Crippen LogP contribution in [0.2, 0.25) is 0 Å². The zero-order chi connectivity index (χ0) is 9.15. The van der Waals surface area contributed by atoms with Gasteiger partial charge in [0.25, 0.3) is 0 Å². The molecule has 0 aliphatic heterocycles. The Hall–Kier alpha value is 0. The second-order valence-electron chi connectivity index (χ2n) is 5.62. The van der Waals surface area contributed by atoms with Crippen molar-refractivity contribution < 1.29 is 0 Å². The van der Waals surface area contributed by atoms with E-state index in [0.29, 0.717) is 0 Å². The van der Waals surface area contributed by atoms with Crippen molar-refractivity contribution in [1.29, 1.82) is 0 Å². The minimum Gasteiger partial charge on any atom is -0.0625 e. The van der Waals surface area contributed by atoms with Crippen molar-refractivity contribution in [2.75, 3.05) is 0 Å². The lowest BCUT2D eigenvalue weighted by Gasteiger charge is -2.39. The van der Waals surface area contributed by atoms with Gasteiger partial charge in [0.05, 0.1) is 0 Å². The van der Waals surface area contributed by atoms with Crippen LogP contribution in [0.5, 0.6) is 0 Å². The van der Waals surface area contributed by atoms with Gasteiger partial charge in [-0.05, 0) is 37.0 Å². The molecule has 2 aliphatic carbocycles. The van der Waals surface area contributed by atoms with Crippen molar-refractivity contribution >= 4 is 0 Å². The van der Waals surface area contributed by atoms with Crippen LogP contribution in [0.3, 0.4) is 0 Å². The van der Waals surface area contributed by atoms with Gasteiger partial charge in [0.2, 0.25) is 0 Å². The summed E-state index contributed by atoms with van der Waals surface area (Å²) in [5.41, 5.74) is 0.814. The molecule has 0 heteroatoms. The van der Waals surface area contributed by atoms with Gasteiger partial charge in [-0.2, -0.15) is 0 Å². The zero-order valence-electron chi connectivity index (χ0n) is 9.15. The largest absolute Gasteiger partial charge is 0.0625 e. The lowest BCUT2D eigenvalue weighted by atomic mass is 9.66. The quantitative estimate of drug-likeness (QED) is 0.513. The summed E-state index contributed by atoms with van der Waals surface area (Å²) in [4.78, 5) is 0. The molecule has 2 fully saturated rings. The molecule has 76 valence electrons. The van der Waals surface area contributed by atoms with E-state index in [9.17, 15) is 0 Å². The predicted molar refractivity (Wildman–Crippen MR) is 57.8 cm³/mol. The molecule has 0 amide bonds. The van der Waals surface area contributed by atoms with Crippen molar-refractivity contribution in [3.8, 4) is 0 Å². The van der Waals surface area contributed by atoms with Gasteiger partial charge >= 0.3 is 0 Å². The summed E-state index contributed by atoms with van der Waals surface area (Å²) < 4.78 is 0. The molecule has 1 unspecified atom stereocenters. The maximum Gasteiger partial charge on any atom is -0.0295 e. The van der Waals surface area contributed by atoms with E-state index in [0.717, 1.165) is 11.3 Å². The molecule has 0 bridgehead atoms. The molecule has 0 aromatic rings. The van der Waals surface area contributed by atoms with E-state index in [-0.39, 0.29) is 0 Å². The van der Waals surface area contributed by atoms with Crippen LogP contribution in [0.4, 0.5) is 0 Å². The first-order valence-electron chi connectivity index (χ1n) is 6.31. The van der Waals surface area contributed by atoms with Gasteiger partial charge in [0, 0.05) is 0 Å². The lowest BCUT2D eigenvalue weighted by molar-refractivity contribution is 0.123. The third-order valence-electron chi connectivity index (χ3n) is 4.35. The Bertz CT molecular complexity index is 151. The van der Waals surface area contributed by atoms with E-state index in [4.69, 9.17) is 0 Å². The van der Waals surface area contributed by atoms with Crippen LogP contribution in [-0.4, -0.2) is 0 Å². The van der Waals surface area contributed by atoms with E-state index in [1.165, 1.54) is 38.5 Å². The molecule has 0 saturated heterocycles. The first kappa shape index (κ1) is 9.55. The molecular weight excluding hydrogens is 156 g/mol. The minimum atomic E-state index is 0.814. The van der Waals surface area contributed by atoms with Crippen molar-refractivity contribution in [3.05, 3.63) is 0 Å².